The van der Waals surface area contributed by atoms with Gasteiger partial charge in [0.1, 0.15) is 0 Å². The number of aliphatic hydroxyl groups excluding tert-OH is 1. The molecule has 1 aromatic heterocycles. The molecule has 100 valence electrons. The van der Waals surface area contributed by atoms with Crippen LogP contribution in [0.3, 0.4) is 0 Å². The summed E-state index contributed by atoms with van der Waals surface area (Å²) >= 11 is 5.64. The Morgan fingerprint density at radius 1 is 1.56 bits per heavy atom. The molecule has 0 bridgehead atoms. The maximum absolute atomic E-state index is 11.2. The van der Waals surface area contributed by atoms with E-state index in [2.05, 4.69) is 15.5 Å². The molecule has 6 nitrogen and oxygen atoms in total. The second-order valence-electron chi connectivity index (χ2n) is 4.32. The molecular formula is C11H17ClN4O2. The van der Waals surface area contributed by atoms with E-state index < -0.39 is 12.0 Å². The van der Waals surface area contributed by atoms with Gasteiger partial charge in [0.15, 0.2) is 11.0 Å². The zero-order valence-electron chi connectivity index (χ0n) is 10.4. The van der Waals surface area contributed by atoms with Crippen molar-refractivity contribution in [2.24, 2.45) is 11.7 Å². The van der Waals surface area contributed by atoms with Crippen LogP contribution in [0.25, 0.3) is 0 Å². The minimum atomic E-state index is -0.626. The quantitative estimate of drug-likeness (QED) is 0.718. The van der Waals surface area contributed by atoms with Crippen LogP contribution in [0.1, 0.15) is 30.6 Å². The van der Waals surface area contributed by atoms with Gasteiger partial charge in [-0.25, -0.2) is 0 Å². The van der Waals surface area contributed by atoms with Gasteiger partial charge in [0.25, 0.3) is 5.91 Å². The van der Waals surface area contributed by atoms with Crippen LogP contribution in [0.4, 0.5) is 5.82 Å². The van der Waals surface area contributed by atoms with Crippen molar-refractivity contribution in [2.45, 2.75) is 26.4 Å². The van der Waals surface area contributed by atoms with Crippen molar-refractivity contribution in [1.82, 2.24) is 10.2 Å². The highest BCUT2D eigenvalue weighted by molar-refractivity contribution is 6.29. The molecule has 1 amide bonds. The van der Waals surface area contributed by atoms with Crippen molar-refractivity contribution in [2.75, 3.05) is 11.9 Å². The highest BCUT2D eigenvalue weighted by Crippen LogP contribution is 2.15. The molecule has 0 saturated heterocycles. The lowest BCUT2D eigenvalue weighted by Crippen LogP contribution is -2.21. The average Bonchev–Trinajstić information content (AvgIpc) is 2.30. The van der Waals surface area contributed by atoms with Gasteiger partial charge >= 0.3 is 0 Å². The van der Waals surface area contributed by atoms with Crippen LogP contribution in [0.2, 0.25) is 5.15 Å². The molecule has 0 radical (unpaired) electrons. The first-order valence-electron chi connectivity index (χ1n) is 5.66. The van der Waals surface area contributed by atoms with Gasteiger partial charge in [-0.15, -0.1) is 10.2 Å². The second-order valence-corrected chi connectivity index (χ2v) is 4.71. The monoisotopic (exact) mass is 272 g/mol. The molecule has 0 aliphatic heterocycles. The summed E-state index contributed by atoms with van der Waals surface area (Å²) in [6.45, 7) is 4.33. The van der Waals surface area contributed by atoms with Crippen LogP contribution >= 0.6 is 11.6 Å². The molecule has 1 aromatic rings. The van der Waals surface area contributed by atoms with E-state index in [4.69, 9.17) is 17.3 Å². The first-order chi connectivity index (χ1) is 8.41. The molecule has 1 heterocycles. The van der Waals surface area contributed by atoms with Crippen LogP contribution in [0, 0.1) is 5.92 Å². The maximum atomic E-state index is 11.2. The van der Waals surface area contributed by atoms with E-state index in [-0.39, 0.29) is 22.5 Å². The van der Waals surface area contributed by atoms with Gasteiger partial charge in [0.2, 0.25) is 0 Å². The predicted octanol–water partition coefficient (Wildman–Crippen LogP) is 1.05. The van der Waals surface area contributed by atoms with E-state index in [0.717, 1.165) is 0 Å². The van der Waals surface area contributed by atoms with Crippen molar-refractivity contribution in [1.29, 1.82) is 0 Å². The molecule has 0 aliphatic rings. The van der Waals surface area contributed by atoms with Crippen molar-refractivity contribution in [3.05, 3.63) is 16.8 Å². The minimum absolute atomic E-state index is 0.108. The Kier molecular flexibility index (Phi) is 5.30. The number of carbonyl (C=O) groups excluding carboxylic acids is 1. The molecule has 7 heteroatoms. The van der Waals surface area contributed by atoms with Crippen LogP contribution in [-0.2, 0) is 0 Å². The van der Waals surface area contributed by atoms with Gasteiger partial charge in [-0.05, 0) is 18.4 Å². The van der Waals surface area contributed by atoms with Gasteiger partial charge in [-0.1, -0.05) is 25.4 Å². The number of amides is 1. The second kappa shape index (κ2) is 6.51. The van der Waals surface area contributed by atoms with Gasteiger partial charge in [-0.2, -0.15) is 0 Å². The number of nitrogens with zero attached hydrogens (tertiary/aromatic N) is 2. The molecule has 1 atom stereocenters. The summed E-state index contributed by atoms with van der Waals surface area (Å²) in [5.41, 5.74) is 5.40. The third-order valence-corrected chi connectivity index (χ3v) is 2.72. The number of aromatic nitrogens is 2. The number of nitrogens with two attached hydrogens (primary N) is 1. The lowest BCUT2D eigenvalue weighted by molar-refractivity contribution is 0.100. The van der Waals surface area contributed by atoms with Gasteiger partial charge in [0.05, 0.1) is 11.7 Å². The fourth-order valence-corrected chi connectivity index (χ4v) is 1.51. The van der Waals surface area contributed by atoms with E-state index in [1.54, 1.807) is 0 Å². The summed E-state index contributed by atoms with van der Waals surface area (Å²) < 4.78 is 0. The molecule has 4 N–H and O–H groups in total. The average molecular weight is 273 g/mol. The van der Waals surface area contributed by atoms with Gasteiger partial charge in [0, 0.05) is 6.54 Å². The van der Waals surface area contributed by atoms with Crippen LogP contribution in [0.5, 0.6) is 0 Å². The smallest absolute Gasteiger partial charge is 0.252 e. The summed E-state index contributed by atoms with van der Waals surface area (Å²) in [6.07, 6.45) is 0.134. The van der Waals surface area contributed by atoms with Crippen LogP contribution in [-0.4, -0.2) is 33.9 Å². The number of hydrogen-bond acceptors (Lipinski definition) is 5. The molecule has 0 fully saturated rings. The first-order valence-corrected chi connectivity index (χ1v) is 6.04. The lowest BCUT2D eigenvalue weighted by Gasteiger charge is -2.15. The van der Waals surface area contributed by atoms with E-state index in [1.807, 2.05) is 13.8 Å². The summed E-state index contributed by atoms with van der Waals surface area (Å²) in [7, 11) is 0. The van der Waals surface area contributed by atoms with Crippen molar-refractivity contribution < 1.29 is 9.90 Å². The topological polar surface area (TPSA) is 101 Å². The van der Waals surface area contributed by atoms with Gasteiger partial charge < -0.3 is 16.2 Å². The fourth-order valence-electron chi connectivity index (χ4n) is 1.36. The number of aliphatic hydroxyl groups is 1. The third kappa shape index (κ3) is 4.12. The molecule has 1 rings (SSSR count). The minimum Gasteiger partial charge on any atom is -0.393 e. The van der Waals surface area contributed by atoms with Gasteiger partial charge in [-0.3, -0.25) is 4.79 Å². The van der Waals surface area contributed by atoms with Crippen molar-refractivity contribution in [3.8, 4) is 0 Å². The molecule has 0 aromatic carbocycles. The Morgan fingerprint density at radius 3 is 2.78 bits per heavy atom. The SMILES string of the molecule is CC(C)C(O)CCNc1nnc(Cl)cc1C(N)=O. The van der Waals surface area contributed by atoms with E-state index in [1.165, 1.54) is 6.07 Å². The summed E-state index contributed by atoms with van der Waals surface area (Å²) in [4.78, 5) is 11.2. The number of halogens is 1. The van der Waals surface area contributed by atoms with Crippen molar-refractivity contribution in [3.63, 3.8) is 0 Å². The Bertz CT molecular complexity index is 426. The molecule has 1 unspecified atom stereocenters. The number of anilines is 1. The predicted molar refractivity (Wildman–Crippen MR) is 69.5 cm³/mol. The Hall–Kier alpha value is -1.40. The van der Waals surface area contributed by atoms with Crippen molar-refractivity contribution >= 4 is 23.3 Å². The Morgan fingerprint density at radius 2 is 2.22 bits per heavy atom. The Balaban J connectivity index is 2.65. The third-order valence-electron chi connectivity index (χ3n) is 2.53. The normalized spacial score (nSPS) is 12.5. The lowest BCUT2D eigenvalue weighted by atomic mass is 10.0. The fraction of sp³-hybridized carbons (Fsp3) is 0.545. The molecule has 18 heavy (non-hydrogen) atoms. The number of nitrogens with one attached hydrogen (secondary N) is 1. The molecule has 0 spiro atoms. The highest BCUT2D eigenvalue weighted by atomic mass is 35.5. The zero-order valence-corrected chi connectivity index (χ0v) is 11.1. The first kappa shape index (κ1) is 14.7. The summed E-state index contributed by atoms with van der Waals surface area (Å²) in [5, 5.41) is 20.1. The zero-order chi connectivity index (χ0) is 13.7. The maximum Gasteiger partial charge on any atom is 0.252 e. The number of rotatable bonds is 6. The van der Waals surface area contributed by atoms with E-state index >= 15 is 0 Å². The summed E-state index contributed by atoms with van der Waals surface area (Å²) in [5.74, 6) is -0.166. The number of hydrogen-bond donors (Lipinski definition) is 3. The molecule has 0 aliphatic carbocycles. The van der Waals surface area contributed by atoms with Crippen LogP contribution < -0.4 is 11.1 Å². The molecule has 0 saturated carbocycles. The highest BCUT2D eigenvalue weighted by Gasteiger charge is 2.13. The molecular weight excluding hydrogens is 256 g/mol. The van der Waals surface area contributed by atoms with E-state index in [0.29, 0.717) is 13.0 Å². The summed E-state index contributed by atoms with van der Waals surface area (Å²) in [6, 6.07) is 1.36. The van der Waals surface area contributed by atoms with Crippen LogP contribution in [0.15, 0.2) is 6.07 Å². The Labute approximate surface area is 111 Å². The largest absolute Gasteiger partial charge is 0.393 e. The number of primary amides is 1. The standard InChI is InChI=1S/C11H17ClN4O2/c1-6(2)8(17)3-4-14-11-7(10(13)18)5-9(12)15-16-11/h5-6,8,17H,3-4H2,1-2H3,(H2,13,18)(H,14,16). The van der Waals surface area contributed by atoms with E-state index in [9.17, 15) is 9.90 Å². The number of carbonyl (C=O) groups is 1.